The number of amides is 1. The van der Waals surface area contributed by atoms with Crippen molar-refractivity contribution in [2.45, 2.75) is 4.90 Å². The molecule has 10 heteroatoms. The molecule has 1 amide bonds. The van der Waals surface area contributed by atoms with E-state index in [1.807, 2.05) is 0 Å². The second-order valence-electron chi connectivity index (χ2n) is 5.84. The lowest BCUT2D eigenvalue weighted by Crippen LogP contribution is -2.36. The molecule has 0 fully saturated rings. The molecular weight excluding hydrogens is 398 g/mol. The summed E-state index contributed by atoms with van der Waals surface area (Å²) in [6.45, 7) is -0.391. The van der Waals surface area contributed by atoms with Gasteiger partial charge in [-0.2, -0.15) is 9.41 Å². The SMILES string of the molecule is COc1ccc(S(=O)(=O)N(C)CC(=O)N/N=C\c2ccc(OC)c(OC)c2)cc1. The number of hydrazone groups is 1. The normalized spacial score (nSPS) is 11.5. The van der Waals surface area contributed by atoms with E-state index in [1.165, 1.54) is 58.9 Å². The Labute approximate surface area is 169 Å². The summed E-state index contributed by atoms with van der Waals surface area (Å²) in [5.74, 6) is 1.04. The van der Waals surface area contributed by atoms with Crippen molar-refractivity contribution in [3.8, 4) is 17.2 Å². The number of benzene rings is 2. The fraction of sp³-hybridized carbons (Fsp3) is 0.263. The van der Waals surface area contributed by atoms with E-state index < -0.39 is 22.5 Å². The summed E-state index contributed by atoms with van der Waals surface area (Å²) < 4.78 is 41.4. The molecule has 0 heterocycles. The maximum atomic E-state index is 12.5. The molecule has 0 bridgehead atoms. The van der Waals surface area contributed by atoms with Crippen molar-refractivity contribution >= 4 is 22.1 Å². The molecule has 0 aliphatic heterocycles. The number of likely N-dealkylation sites (N-methyl/N-ethyl adjacent to an activating group) is 1. The lowest BCUT2D eigenvalue weighted by molar-refractivity contribution is -0.121. The zero-order chi connectivity index (χ0) is 21.4. The van der Waals surface area contributed by atoms with E-state index in [1.54, 1.807) is 18.2 Å². The van der Waals surface area contributed by atoms with Crippen LogP contribution in [0.4, 0.5) is 0 Å². The minimum atomic E-state index is -3.82. The van der Waals surface area contributed by atoms with Gasteiger partial charge in [0.1, 0.15) is 5.75 Å². The van der Waals surface area contributed by atoms with E-state index in [9.17, 15) is 13.2 Å². The first-order valence-corrected chi connectivity index (χ1v) is 9.90. The van der Waals surface area contributed by atoms with Gasteiger partial charge in [-0.05, 0) is 48.0 Å². The van der Waals surface area contributed by atoms with Gasteiger partial charge in [0, 0.05) is 7.05 Å². The number of hydrogen-bond acceptors (Lipinski definition) is 7. The molecule has 0 aliphatic rings. The summed E-state index contributed by atoms with van der Waals surface area (Å²) in [7, 11) is 2.03. The lowest BCUT2D eigenvalue weighted by Gasteiger charge is -2.16. The number of hydrogen-bond donors (Lipinski definition) is 1. The standard InChI is InChI=1S/C19H23N3O6S/c1-22(29(24,25)16-8-6-15(26-2)7-9-16)13-19(23)21-20-12-14-5-10-17(27-3)18(11-14)28-4/h5-12H,13H2,1-4H3,(H,21,23)/b20-12-. The number of nitrogens with one attached hydrogen (secondary N) is 1. The van der Waals surface area contributed by atoms with Crippen LogP contribution < -0.4 is 19.6 Å². The van der Waals surface area contributed by atoms with Crippen LogP contribution >= 0.6 is 0 Å². The molecule has 9 nitrogen and oxygen atoms in total. The Hall–Kier alpha value is -3.11. The maximum absolute atomic E-state index is 12.5. The smallest absolute Gasteiger partial charge is 0.255 e. The van der Waals surface area contributed by atoms with E-state index in [0.717, 1.165) is 4.31 Å². The highest BCUT2D eigenvalue weighted by Crippen LogP contribution is 2.26. The summed E-state index contributed by atoms with van der Waals surface area (Å²) in [6, 6.07) is 11.0. The van der Waals surface area contributed by atoms with Crippen LogP contribution in [0.3, 0.4) is 0 Å². The number of ether oxygens (including phenoxy) is 3. The van der Waals surface area contributed by atoms with E-state index in [0.29, 0.717) is 22.8 Å². The van der Waals surface area contributed by atoms with Crippen LogP contribution in [0.1, 0.15) is 5.56 Å². The van der Waals surface area contributed by atoms with Crippen LogP contribution in [0.5, 0.6) is 17.2 Å². The first kappa shape index (κ1) is 22.2. The summed E-state index contributed by atoms with van der Waals surface area (Å²) in [5.41, 5.74) is 2.97. The third-order valence-corrected chi connectivity index (χ3v) is 5.76. The van der Waals surface area contributed by atoms with Gasteiger partial charge in [-0.25, -0.2) is 13.8 Å². The molecular formula is C19H23N3O6S. The number of sulfonamides is 1. The van der Waals surface area contributed by atoms with Crippen molar-refractivity contribution < 1.29 is 27.4 Å². The maximum Gasteiger partial charge on any atom is 0.255 e. The van der Waals surface area contributed by atoms with Gasteiger partial charge in [0.15, 0.2) is 11.5 Å². The Morgan fingerprint density at radius 2 is 1.69 bits per heavy atom. The van der Waals surface area contributed by atoms with Crippen LogP contribution in [-0.4, -0.2) is 59.8 Å². The van der Waals surface area contributed by atoms with Crippen molar-refractivity contribution in [3.63, 3.8) is 0 Å². The number of rotatable bonds is 9. The Kier molecular flexibility index (Phi) is 7.57. The van der Waals surface area contributed by atoms with Gasteiger partial charge in [0.2, 0.25) is 10.0 Å². The second kappa shape index (κ2) is 9.89. The summed E-state index contributed by atoms with van der Waals surface area (Å²) in [5, 5.41) is 3.84. The Morgan fingerprint density at radius 3 is 2.28 bits per heavy atom. The highest BCUT2D eigenvalue weighted by atomic mass is 32.2. The highest BCUT2D eigenvalue weighted by Gasteiger charge is 2.22. The van der Waals surface area contributed by atoms with Gasteiger partial charge in [-0.1, -0.05) is 0 Å². The van der Waals surface area contributed by atoms with Gasteiger partial charge in [0.25, 0.3) is 5.91 Å². The van der Waals surface area contributed by atoms with Crippen molar-refractivity contribution in [3.05, 3.63) is 48.0 Å². The average molecular weight is 421 g/mol. The minimum absolute atomic E-state index is 0.0578. The molecule has 2 aromatic rings. The number of carbonyl (C=O) groups is 1. The predicted octanol–water partition coefficient (Wildman–Crippen LogP) is 1.48. The largest absolute Gasteiger partial charge is 0.497 e. The number of nitrogens with zero attached hydrogens (tertiary/aromatic N) is 2. The Bertz CT molecular complexity index is 974. The van der Waals surface area contributed by atoms with Crippen molar-refractivity contribution in [2.24, 2.45) is 5.10 Å². The van der Waals surface area contributed by atoms with Crippen molar-refractivity contribution in [1.82, 2.24) is 9.73 Å². The molecule has 0 aliphatic carbocycles. The zero-order valence-electron chi connectivity index (χ0n) is 16.6. The molecule has 2 rings (SSSR count). The zero-order valence-corrected chi connectivity index (χ0v) is 17.4. The second-order valence-corrected chi connectivity index (χ2v) is 7.89. The molecule has 2 aromatic carbocycles. The Balaban J connectivity index is 1.98. The molecule has 29 heavy (non-hydrogen) atoms. The summed E-state index contributed by atoms with van der Waals surface area (Å²) in [6.07, 6.45) is 1.41. The topological polar surface area (TPSA) is 107 Å². The van der Waals surface area contributed by atoms with Gasteiger partial charge >= 0.3 is 0 Å². The van der Waals surface area contributed by atoms with E-state index >= 15 is 0 Å². The summed E-state index contributed by atoms with van der Waals surface area (Å²) >= 11 is 0. The van der Waals surface area contributed by atoms with Crippen LogP contribution in [0.15, 0.2) is 52.5 Å². The van der Waals surface area contributed by atoms with Gasteiger partial charge in [-0.3, -0.25) is 4.79 Å². The van der Waals surface area contributed by atoms with Crippen LogP contribution in [-0.2, 0) is 14.8 Å². The Morgan fingerprint density at radius 1 is 1.03 bits per heavy atom. The molecule has 0 saturated carbocycles. The molecule has 0 atom stereocenters. The van der Waals surface area contributed by atoms with Gasteiger partial charge in [0.05, 0.1) is 39.0 Å². The first-order valence-electron chi connectivity index (χ1n) is 8.46. The van der Waals surface area contributed by atoms with E-state index in [-0.39, 0.29) is 4.90 Å². The fourth-order valence-corrected chi connectivity index (χ4v) is 3.49. The van der Waals surface area contributed by atoms with Crippen LogP contribution in [0, 0.1) is 0 Å². The van der Waals surface area contributed by atoms with Crippen LogP contribution in [0.25, 0.3) is 0 Å². The third kappa shape index (κ3) is 5.69. The number of methoxy groups -OCH3 is 3. The summed E-state index contributed by atoms with van der Waals surface area (Å²) in [4.78, 5) is 12.1. The average Bonchev–Trinajstić information content (AvgIpc) is 2.73. The molecule has 0 radical (unpaired) electrons. The lowest BCUT2D eigenvalue weighted by atomic mass is 10.2. The molecule has 0 aromatic heterocycles. The molecule has 0 unspecified atom stereocenters. The van der Waals surface area contributed by atoms with Crippen molar-refractivity contribution in [2.75, 3.05) is 34.9 Å². The molecule has 156 valence electrons. The minimum Gasteiger partial charge on any atom is -0.497 e. The van der Waals surface area contributed by atoms with Gasteiger partial charge < -0.3 is 14.2 Å². The van der Waals surface area contributed by atoms with Crippen molar-refractivity contribution in [1.29, 1.82) is 0 Å². The fourth-order valence-electron chi connectivity index (χ4n) is 2.36. The van der Waals surface area contributed by atoms with Gasteiger partial charge in [-0.15, -0.1) is 0 Å². The molecule has 0 saturated heterocycles. The quantitative estimate of drug-likeness (QED) is 0.486. The monoisotopic (exact) mass is 421 g/mol. The van der Waals surface area contributed by atoms with Crippen LogP contribution in [0.2, 0.25) is 0 Å². The highest BCUT2D eigenvalue weighted by molar-refractivity contribution is 7.89. The van der Waals surface area contributed by atoms with E-state index in [2.05, 4.69) is 10.5 Å². The number of carbonyl (C=O) groups excluding carboxylic acids is 1. The third-order valence-electron chi connectivity index (χ3n) is 3.94. The molecule has 0 spiro atoms. The van der Waals surface area contributed by atoms with E-state index in [4.69, 9.17) is 14.2 Å². The predicted molar refractivity (Wildman–Crippen MR) is 108 cm³/mol. The first-order chi connectivity index (χ1) is 13.8. The molecule has 1 N–H and O–H groups in total.